The summed E-state index contributed by atoms with van der Waals surface area (Å²) >= 11 is 6.04. The molecule has 9 aromatic heterocycles. The molecule has 12 unspecified atom stereocenters. The fourth-order valence-corrected chi connectivity index (χ4v) is 22.9. The molecule has 1 aliphatic heterocycles. The lowest BCUT2D eigenvalue weighted by Crippen LogP contribution is -2.18. The molecule has 9 aromatic rings. The summed E-state index contributed by atoms with van der Waals surface area (Å²) in [7, 11) is 0. The van der Waals surface area contributed by atoms with Crippen LogP contribution >= 0.6 is 34.0 Å². The summed E-state index contributed by atoms with van der Waals surface area (Å²) in [5.41, 5.74) is 34.9. The molecule has 10 heterocycles. The highest BCUT2D eigenvalue weighted by Gasteiger charge is 2.46. The summed E-state index contributed by atoms with van der Waals surface area (Å²) in [6.07, 6.45) is 45.3. The van der Waals surface area contributed by atoms with Crippen LogP contribution in [0.5, 0.6) is 0 Å². The van der Waals surface area contributed by atoms with E-state index in [4.69, 9.17) is 0 Å². The smallest absolute Gasteiger partial charge is 0.0669 e. The lowest BCUT2D eigenvalue weighted by atomic mass is 9.69. The minimum atomic E-state index is 0.421. The summed E-state index contributed by atoms with van der Waals surface area (Å²) in [4.78, 5) is 34.3. The summed E-state index contributed by atoms with van der Waals surface area (Å²) < 4.78 is 0. The van der Waals surface area contributed by atoms with Crippen molar-refractivity contribution in [2.75, 3.05) is 0 Å². The average molecular weight is 1110 g/mol. The maximum absolute atomic E-state index is 4.35. The number of hydrogen-bond acceptors (Lipinski definition) is 3. The molecular weight excluding hydrogens is 1050 g/mol. The standard InChI is InChI=1S/C72H60N6S3/c1-13-37-14-2-31(1)49-55(37)67-68-56-38-15-3-32(4-16-38)50(56)63(74-68)45-27-28-46(80-45)64-53-35-9-21-41(22-10-35)59(53)71(77-64)72-60-42-23-11-36(12-24-42)54(60)66(78-72)48-30-29-47(81-48)65-52-34-7-19-40(20-8-34)58(52)70(76-65)69-57-39-17-5-33(6-18-39)51(57)62(75-69)44-26-25-43(79-44)61(49)73-67/h1,3,5,7,9,11,13,15,17,19,21,23,25-42,73-78H,2,4,6,8,10,12,14,16,18,20,22,24H2. The molecule has 19 aliphatic rings. The maximum Gasteiger partial charge on any atom is 0.0669 e. The molecule has 6 nitrogen and oxygen atoms in total. The van der Waals surface area contributed by atoms with Gasteiger partial charge in [-0.1, -0.05) is 72.9 Å². The van der Waals surface area contributed by atoms with Crippen molar-refractivity contribution in [3.8, 4) is 97.6 Å². The number of nitrogens with one attached hydrogen (secondary N) is 6. The number of aromatic nitrogens is 6. The van der Waals surface area contributed by atoms with Crippen molar-refractivity contribution >= 4 is 34.0 Å². The number of H-pyrrole nitrogens is 6. The lowest BCUT2D eigenvalue weighted by molar-refractivity contribution is 0.555. The van der Waals surface area contributed by atoms with Gasteiger partial charge in [0.15, 0.2) is 0 Å². The number of hydrogen-bond donors (Lipinski definition) is 6. The predicted octanol–water partition coefficient (Wildman–Crippen LogP) is 20.3. The fraction of sp³-hybridized carbons (Fsp3) is 0.333. The first-order valence-electron chi connectivity index (χ1n) is 31.1. The van der Waals surface area contributed by atoms with E-state index in [0.29, 0.717) is 71.0 Å². The van der Waals surface area contributed by atoms with E-state index in [-0.39, 0.29) is 0 Å². The topological polar surface area (TPSA) is 94.7 Å². The van der Waals surface area contributed by atoms with E-state index >= 15 is 0 Å². The molecule has 9 heteroatoms. The fourth-order valence-electron chi connectivity index (χ4n) is 19.8. The second-order valence-corrected chi connectivity index (χ2v) is 30.0. The van der Waals surface area contributed by atoms with Crippen molar-refractivity contribution in [1.29, 1.82) is 0 Å². The van der Waals surface area contributed by atoms with Crippen LogP contribution in [-0.2, 0) is 0 Å². The van der Waals surface area contributed by atoms with Gasteiger partial charge in [0.2, 0.25) is 0 Å². The molecule has 12 atom stereocenters. The molecule has 81 heavy (non-hydrogen) atoms. The first-order chi connectivity index (χ1) is 40.1. The van der Waals surface area contributed by atoms with E-state index in [1.165, 1.54) is 175 Å². The van der Waals surface area contributed by atoms with E-state index in [2.05, 4.69) is 139 Å². The minimum absolute atomic E-state index is 0.421. The molecule has 0 saturated heterocycles. The number of aromatic amines is 6. The Morgan fingerprint density at radius 1 is 0.185 bits per heavy atom. The monoisotopic (exact) mass is 1100 g/mol. The highest BCUT2D eigenvalue weighted by Crippen LogP contribution is 2.63. The third-order valence-corrected chi connectivity index (χ3v) is 26.5. The average Bonchev–Trinajstić information content (AvgIpc) is 4.57. The lowest BCUT2D eigenvalue weighted by Gasteiger charge is -2.34. The third kappa shape index (κ3) is 5.48. The van der Waals surface area contributed by atoms with E-state index in [0.717, 1.165) is 0 Å². The van der Waals surface area contributed by atoms with Crippen molar-refractivity contribution in [2.45, 2.75) is 148 Å². The highest BCUT2D eigenvalue weighted by atomic mass is 32.1. The molecule has 28 rings (SSSR count). The number of rotatable bonds is 0. The molecule has 0 saturated carbocycles. The molecule has 0 aromatic carbocycles. The molecule has 0 spiro atoms. The van der Waals surface area contributed by atoms with Crippen LogP contribution in [0.15, 0.2) is 109 Å². The van der Waals surface area contributed by atoms with Crippen molar-refractivity contribution in [3.63, 3.8) is 0 Å². The Labute approximate surface area is 482 Å². The molecule has 0 fully saturated rings. The van der Waals surface area contributed by atoms with E-state index in [1.54, 1.807) is 66.8 Å². The van der Waals surface area contributed by atoms with Gasteiger partial charge in [0.1, 0.15) is 0 Å². The normalized spacial score (nSPS) is 30.1. The first kappa shape index (κ1) is 43.9. The van der Waals surface area contributed by atoms with Crippen molar-refractivity contribution in [3.05, 3.63) is 176 Å². The van der Waals surface area contributed by atoms with E-state index in [1.807, 2.05) is 34.0 Å². The van der Waals surface area contributed by atoms with Gasteiger partial charge in [-0.15, -0.1) is 34.0 Å². The van der Waals surface area contributed by atoms with Crippen LogP contribution in [0.2, 0.25) is 0 Å². The van der Waals surface area contributed by atoms with Crippen LogP contribution in [0.1, 0.15) is 215 Å². The van der Waals surface area contributed by atoms with Gasteiger partial charge in [0.05, 0.1) is 97.6 Å². The van der Waals surface area contributed by atoms with E-state index in [9.17, 15) is 0 Å². The Morgan fingerprint density at radius 3 is 0.432 bits per heavy atom. The summed E-state index contributed by atoms with van der Waals surface area (Å²) in [6, 6.07) is 14.8. The molecule has 30 bridgehead atoms. The van der Waals surface area contributed by atoms with Crippen LogP contribution in [0, 0.1) is 0 Å². The zero-order valence-electron chi connectivity index (χ0n) is 45.0. The van der Waals surface area contributed by atoms with Crippen molar-refractivity contribution in [1.82, 2.24) is 29.9 Å². The van der Waals surface area contributed by atoms with Gasteiger partial charge >= 0.3 is 0 Å². The maximum atomic E-state index is 4.35. The predicted molar refractivity (Wildman–Crippen MR) is 332 cm³/mol. The molecule has 6 N–H and O–H groups in total. The second kappa shape index (κ2) is 15.3. The Kier molecular flexibility index (Phi) is 8.27. The van der Waals surface area contributed by atoms with Crippen molar-refractivity contribution in [2.24, 2.45) is 0 Å². The van der Waals surface area contributed by atoms with Crippen molar-refractivity contribution < 1.29 is 0 Å². The number of thiophene rings is 3. The quantitative estimate of drug-likeness (QED) is 0.0817. The Hall–Kier alpha value is -6.78. The third-order valence-electron chi connectivity index (χ3n) is 23.2. The highest BCUT2D eigenvalue weighted by molar-refractivity contribution is 7.19. The van der Waals surface area contributed by atoms with Gasteiger partial charge in [-0.25, -0.2) is 0 Å². The molecular formula is C72H60N6S3. The summed E-state index contributed by atoms with van der Waals surface area (Å²) in [5, 5.41) is 0. The molecule has 0 amide bonds. The number of fused-ring (bicyclic) bond motifs is 33. The van der Waals surface area contributed by atoms with E-state index < -0.39 is 0 Å². The van der Waals surface area contributed by atoms with Crippen LogP contribution in [0.3, 0.4) is 0 Å². The summed E-state index contributed by atoms with van der Waals surface area (Å²) in [6.45, 7) is 0. The first-order valence-corrected chi connectivity index (χ1v) is 33.5. The SMILES string of the molecule is C1=CC2CCC1c1c3[nH]c(c12)-c1[nH]c(c2c1C1C=CC2CC1)-c1ccc(s1)-c1[nH]c(c2c1C1C=CC2CC1)-c1[nH]c(c2c1C1C=CC2CC1)-c1ccc(s1)-c1[nH]c(c2c1C1C=CC2CC1)-c1[nH]c(c2c1C1C=CC2CC1)-c1ccc-3s1. The molecule has 396 valence electrons. The Balaban J connectivity index is 0.816. The largest absolute Gasteiger partial charge is 0.352 e. The van der Waals surface area contributed by atoms with Gasteiger partial charge < -0.3 is 29.9 Å². The van der Waals surface area contributed by atoms with Gasteiger partial charge in [-0.2, -0.15) is 0 Å². The summed E-state index contributed by atoms with van der Waals surface area (Å²) in [5.74, 6) is 5.09. The molecule has 0 radical (unpaired) electrons. The Bertz CT molecular complexity index is 3820. The molecule has 18 aliphatic carbocycles. The van der Waals surface area contributed by atoms with Gasteiger partial charge in [0.25, 0.3) is 0 Å². The Morgan fingerprint density at radius 2 is 0.309 bits per heavy atom. The second-order valence-electron chi connectivity index (χ2n) is 26.8. The van der Waals surface area contributed by atoms with Crippen LogP contribution in [0.4, 0.5) is 0 Å². The zero-order valence-corrected chi connectivity index (χ0v) is 47.5. The number of allylic oxidation sites excluding steroid dienone is 12. The van der Waals surface area contributed by atoms with Gasteiger partial charge in [0, 0.05) is 71.0 Å². The van der Waals surface area contributed by atoms with Crippen LogP contribution in [0.25, 0.3) is 97.6 Å². The van der Waals surface area contributed by atoms with Gasteiger partial charge in [-0.05, 0) is 180 Å². The zero-order chi connectivity index (χ0) is 51.8. The minimum Gasteiger partial charge on any atom is -0.352 e. The van der Waals surface area contributed by atoms with Crippen LogP contribution < -0.4 is 0 Å². The van der Waals surface area contributed by atoms with Gasteiger partial charge in [-0.3, -0.25) is 0 Å². The van der Waals surface area contributed by atoms with Crippen LogP contribution in [-0.4, -0.2) is 29.9 Å².